The van der Waals surface area contributed by atoms with Crippen LogP contribution in [0.1, 0.15) is 13.3 Å². The van der Waals surface area contributed by atoms with Gasteiger partial charge in [-0.15, -0.1) is 0 Å². The highest BCUT2D eigenvalue weighted by molar-refractivity contribution is 7.92. The summed E-state index contributed by atoms with van der Waals surface area (Å²) in [4.78, 5) is 4.10. The highest BCUT2D eigenvalue weighted by Gasteiger charge is 2.09. The Balaban J connectivity index is 2.02. The van der Waals surface area contributed by atoms with Gasteiger partial charge >= 0.3 is 0 Å². The lowest BCUT2D eigenvalue weighted by molar-refractivity contribution is 0.415. The van der Waals surface area contributed by atoms with E-state index in [0.717, 1.165) is 17.1 Å². The van der Waals surface area contributed by atoms with Crippen molar-refractivity contribution in [3.63, 3.8) is 0 Å². The van der Waals surface area contributed by atoms with Crippen LogP contribution >= 0.6 is 0 Å². The van der Waals surface area contributed by atoms with E-state index in [9.17, 15) is 8.42 Å². The number of sulfonamides is 1. The molecule has 22 heavy (non-hydrogen) atoms. The van der Waals surface area contributed by atoms with Gasteiger partial charge in [0.2, 0.25) is 10.0 Å². The second-order valence-electron chi connectivity index (χ2n) is 4.71. The molecular weight excluding hydrogens is 302 g/mol. The molecule has 0 radical (unpaired) electrons. The molecule has 0 fully saturated rings. The monoisotopic (exact) mass is 321 g/mol. The zero-order chi connectivity index (χ0) is 16.0. The van der Waals surface area contributed by atoms with Gasteiger partial charge in [-0.3, -0.25) is 4.72 Å². The summed E-state index contributed by atoms with van der Waals surface area (Å²) in [5.41, 5.74) is 1.66. The number of ether oxygens (including phenoxy) is 1. The van der Waals surface area contributed by atoms with Gasteiger partial charge in [-0.25, -0.2) is 13.4 Å². The number of pyridine rings is 1. The predicted molar refractivity (Wildman–Crippen MR) is 88.2 cm³/mol. The Hall–Kier alpha value is -2.28. The van der Waals surface area contributed by atoms with E-state index in [1.165, 1.54) is 0 Å². The molecule has 6 nitrogen and oxygen atoms in total. The molecule has 1 aromatic carbocycles. The van der Waals surface area contributed by atoms with Gasteiger partial charge in [0.1, 0.15) is 11.6 Å². The Labute approximate surface area is 130 Å². The molecule has 0 atom stereocenters. The summed E-state index contributed by atoms with van der Waals surface area (Å²) in [7, 11) is -1.70. The van der Waals surface area contributed by atoms with E-state index in [2.05, 4.69) is 15.0 Å². The molecule has 0 saturated heterocycles. The van der Waals surface area contributed by atoms with Crippen molar-refractivity contribution in [1.29, 1.82) is 0 Å². The van der Waals surface area contributed by atoms with Crippen molar-refractivity contribution < 1.29 is 13.2 Å². The summed E-state index contributed by atoms with van der Waals surface area (Å²) in [5.74, 6) is 1.18. The van der Waals surface area contributed by atoms with Crippen molar-refractivity contribution in [1.82, 2.24) is 4.98 Å². The average molecular weight is 321 g/mol. The molecule has 1 aromatic heterocycles. The Kier molecular flexibility index (Phi) is 5.21. The largest absolute Gasteiger partial charge is 0.497 e. The summed E-state index contributed by atoms with van der Waals surface area (Å²) < 4.78 is 30.9. The fraction of sp³-hybridized carbons (Fsp3) is 0.267. The van der Waals surface area contributed by atoms with Crippen LogP contribution in [0, 0.1) is 0 Å². The zero-order valence-electron chi connectivity index (χ0n) is 12.5. The van der Waals surface area contributed by atoms with Crippen molar-refractivity contribution >= 4 is 27.2 Å². The number of hydrogen-bond acceptors (Lipinski definition) is 5. The number of methoxy groups -OCH3 is 1. The average Bonchev–Trinajstić information content (AvgIpc) is 2.49. The van der Waals surface area contributed by atoms with E-state index in [1.807, 2.05) is 31.2 Å². The molecule has 0 aliphatic rings. The summed E-state index contributed by atoms with van der Waals surface area (Å²) in [6.45, 7) is 1.81. The number of nitrogens with one attached hydrogen (secondary N) is 2. The minimum atomic E-state index is -3.31. The first-order valence-electron chi connectivity index (χ1n) is 6.90. The lowest BCUT2D eigenvalue weighted by Crippen LogP contribution is -2.16. The van der Waals surface area contributed by atoms with Gasteiger partial charge in [-0.2, -0.15) is 0 Å². The van der Waals surface area contributed by atoms with Gasteiger partial charge in [0, 0.05) is 5.69 Å². The molecule has 0 bridgehead atoms. The maximum atomic E-state index is 11.7. The predicted octanol–water partition coefficient (Wildman–Crippen LogP) is 2.99. The van der Waals surface area contributed by atoms with Crippen molar-refractivity contribution in [3.05, 3.63) is 42.6 Å². The van der Waals surface area contributed by atoms with Gasteiger partial charge in [-0.05, 0) is 42.8 Å². The molecule has 118 valence electrons. The topological polar surface area (TPSA) is 80.3 Å². The summed E-state index contributed by atoms with van der Waals surface area (Å²) in [6.07, 6.45) is 2.14. The first-order valence-corrected chi connectivity index (χ1v) is 8.55. The van der Waals surface area contributed by atoms with Crippen molar-refractivity contribution in [3.8, 4) is 5.75 Å². The van der Waals surface area contributed by atoms with Crippen LogP contribution in [0.5, 0.6) is 5.75 Å². The smallest absolute Gasteiger partial charge is 0.233 e. The van der Waals surface area contributed by atoms with E-state index in [-0.39, 0.29) is 5.75 Å². The molecule has 2 N–H and O–H groups in total. The molecule has 0 spiro atoms. The molecular formula is C15H19N3O3S. The van der Waals surface area contributed by atoms with Crippen molar-refractivity contribution in [2.24, 2.45) is 0 Å². The standard InChI is InChI=1S/C15H19N3O3S/c1-3-10-22(19,20)18-15-9-6-13(11-16-15)17-12-4-7-14(21-2)8-5-12/h4-9,11,17H,3,10H2,1-2H3,(H,16,18). The third-order valence-corrected chi connectivity index (χ3v) is 4.34. The Morgan fingerprint density at radius 1 is 1.09 bits per heavy atom. The van der Waals surface area contributed by atoms with Crippen LogP contribution in [0.4, 0.5) is 17.2 Å². The van der Waals surface area contributed by atoms with E-state index < -0.39 is 10.0 Å². The Morgan fingerprint density at radius 3 is 2.32 bits per heavy atom. The fourth-order valence-corrected chi connectivity index (χ4v) is 2.93. The molecule has 7 heteroatoms. The Bertz CT molecular complexity index is 698. The van der Waals surface area contributed by atoms with Gasteiger partial charge in [0.05, 0.1) is 24.7 Å². The summed E-state index contributed by atoms with van der Waals surface area (Å²) >= 11 is 0. The number of hydrogen-bond donors (Lipinski definition) is 2. The molecule has 1 heterocycles. The number of rotatable bonds is 7. The molecule has 0 unspecified atom stereocenters. The van der Waals surface area contributed by atoms with Crippen LogP contribution < -0.4 is 14.8 Å². The molecule has 2 aromatic rings. The summed E-state index contributed by atoms with van der Waals surface area (Å²) in [6, 6.07) is 10.9. The number of aromatic nitrogens is 1. The van der Waals surface area contributed by atoms with E-state index in [0.29, 0.717) is 12.2 Å². The van der Waals surface area contributed by atoms with Gasteiger partial charge in [0.15, 0.2) is 0 Å². The van der Waals surface area contributed by atoms with Crippen LogP contribution in [0.2, 0.25) is 0 Å². The third kappa shape index (κ3) is 4.63. The Morgan fingerprint density at radius 2 is 1.77 bits per heavy atom. The van der Waals surface area contributed by atoms with E-state index in [1.54, 1.807) is 25.4 Å². The second-order valence-corrected chi connectivity index (χ2v) is 6.55. The number of nitrogens with zero attached hydrogens (tertiary/aromatic N) is 1. The minimum absolute atomic E-state index is 0.0839. The molecule has 2 rings (SSSR count). The van der Waals surface area contributed by atoms with Gasteiger partial charge < -0.3 is 10.1 Å². The lowest BCUT2D eigenvalue weighted by Gasteiger charge is -2.09. The number of benzene rings is 1. The van der Waals surface area contributed by atoms with Crippen LogP contribution in [0.25, 0.3) is 0 Å². The quantitative estimate of drug-likeness (QED) is 0.819. The van der Waals surface area contributed by atoms with E-state index >= 15 is 0 Å². The van der Waals surface area contributed by atoms with Crippen molar-refractivity contribution in [2.75, 3.05) is 22.9 Å². The molecule has 0 saturated carbocycles. The molecule has 0 amide bonds. The SMILES string of the molecule is CCCS(=O)(=O)Nc1ccc(Nc2ccc(OC)cc2)cn1. The molecule has 0 aliphatic heterocycles. The highest BCUT2D eigenvalue weighted by atomic mass is 32.2. The van der Waals surface area contributed by atoms with Crippen LogP contribution in [-0.2, 0) is 10.0 Å². The van der Waals surface area contributed by atoms with Crippen LogP contribution in [0.15, 0.2) is 42.6 Å². The maximum absolute atomic E-state index is 11.7. The first-order chi connectivity index (χ1) is 10.5. The zero-order valence-corrected chi connectivity index (χ0v) is 13.4. The maximum Gasteiger partial charge on any atom is 0.233 e. The molecule has 0 aliphatic carbocycles. The normalized spacial score (nSPS) is 11.0. The van der Waals surface area contributed by atoms with Crippen molar-refractivity contribution in [2.45, 2.75) is 13.3 Å². The highest BCUT2D eigenvalue weighted by Crippen LogP contribution is 2.20. The van der Waals surface area contributed by atoms with E-state index in [4.69, 9.17) is 4.74 Å². The van der Waals surface area contributed by atoms with Gasteiger partial charge in [0.25, 0.3) is 0 Å². The number of anilines is 3. The van der Waals surface area contributed by atoms with Crippen LogP contribution in [0.3, 0.4) is 0 Å². The minimum Gasteiger partial charge on any atom is -0.497 e. The second kappa shape index (κ2) is 7.13. The third-order valence-electron chi connectivity index (χ3n) is 2.88. The lowest BCUT2D eigenvalue weighted by atomic mass is 10.3. The van der Waals surface area contributed by atoms with Gasteiger partial charge in [-0.1, -0.05) is 6.92 Å². The fourth-order valence-electron chi connectivity index (χ4n) is 1.85. The summed E-state index contributed by atoms with van der Waals surface area (Å²) in [5, 5.41) is 3.18. The first kappa shape index (κ1) is 16.1. The van der Waals surface area contributed by atoms with Crippen LogP contribution in [-0.4, -0.2) is 26.3 Å².